The lowest BCUT2D eigenvalue weighted by atomic mass is 10.0. The number of aromatic nitrogens is 2. The molecule has 3 rings (SSSR count). The van der Waals surface area contributed by atoms with Crippen molar-refractivity contribution in [2.75, 3.05) is 14.1 Å². The van der Waals surface area contributed by atoms with Gasteiger partial charge in [-0.15, -0.1) is 0 Å². The fraction of sp³-hybridized carbons (Fsp3) is 0.278. The van der Waals surface area contributed by atoms with Gasteiger partial charge in [-0.05, 0) is 45.6 Å². The van der Waals surface area contributed by atoms with Crippen LogP contribution in [-0.2, 0) is 6.54 Å². The number of pyridine rings is 1. The molecule has 114 valence electrons. The fourth-order valence-electron chi connectivity index (χ4n) is 2.81. The molecular formula is C18H20ClN3. The Bertz CT molecular complexity index is 834. The van der Waals surface area contributed by atoms with Crippen molar-refractivity contribution in [2.24, 2.45) is 0 Å². The van der Waals surface area contributed by atoms with Crippen molar-refractivity contribution < 1.29 is 0 Å². The summed E-state index contributed by atoms with van der Waals surface area (Å²) in [7, 11) is 4.13. The number of halogens is 1. The van der Waals surface area contributed by atoms with E-state index in [0.717, 1.165) is 28.6 Å². The molecule has 0 bridgehead atoms. The average Bonchev–Trinajstić information content (AvgIpc) is 2.76. The molecular weight excluding hydrogens is 294 g/mol. The lowest BCUT2D eigenvalue weighted by Crippen LogP contribution is -2.13. The Labute approximate surface area is 136 Å². The van der Waals surface area contributed by atoms with Gasteiger partial charge in [-0.1, -0.05) is 35.4 Å². The lowest BCUT2D eigenvalue weighted by Gasteiger charge is -2.13. The van der Waals surface area contributed by atoms with Crippen LogP contribution in [0.15, 0.2) is 36.5 Å². The number of hydrogen-bond donors (Lipinski definition) is 0. The van der Waals surface area contributed by atoms with E-state index < -0.39 is 0 Å². The van der Waals surface area contributed by atoms with Crippen LogP contribution in [-0.4, -0.2) is 28.4 Å². The number of fused-ring (bicyclic) bond motifs is 1. The number of imidazole rings is 1. The molecule has 0 aliphatic heterocycles. The molecule has 4 heteroatoms. The first kappa shape index (κ1) is 15.1. The highest BCUT2D eigenvalue weighted by Gasteiger charge is 2.16. The highest BCUT2D eigenvalue weighted by molar-refractivity contribution is 6.30. The van der Waals surface area contributed by atoms with Gasteiger partial charge in [0, 0.05) is 18.3 Å². The Hall–Kier alpha value is -1.84. The zero-order valence-corrected chi connectivity index (χ0v) is 14.1. The van der Waals surface area contributed by atoms with Crippen LogP contribution in [0.4, 0.5) is 0 Å². The van der Waals surface area contributed by atoms with E-state index in [1.165, 1.54) is 16.7 Å². The second-order valence-corrected chi connectivity index (χ2v) is 6.48. The monoisotopic (exact) mass is 313 g/mol. The summed E-state index contributed by atoms with van der Waals surface area (Å²) in [5, 5.41) is 0.720. The van der Waals surface area contributed by atoms with Crippen LogP contribution in [0.5, 0.6) is 0 Å². The van der Waals surface area contributed by atoms with Crippen LogP contribution in [0.1, 0.15) is 16.8 Å². The van der Waals surface area contributed by atoms with Crippen LogP contribution < -0.4 is 0 Å². The third-order valence-electron chi connectivity index (χ3n) is 3.78. The van der Waals surface area contributed by atoms with Crippen molar-refractivity contribution in [2.45, 2.75) is 20.4 Å². The van der Waals surface area contributed by atoms with Gasteiger partial charge in [-0.25, -0.2) is 4.98 Å². The van der Waals surface area contributed by atoms with Gasteiger partial charge >= 0.3 is 0 Å². The summed E-state index contributed by atoms with van der Waals surface area (Å²) in [6.45, 7) is 5.06. The molecule has 22 heavy (non-hydrogen) atoms. The van der Waals surface area contributed by atoms with Crippen molar-refractivity contribution in [3.8, 4) is 11.3 Å². The molecule has 0 atom stereocenters. The van der Waals surface area contributed by atoms with Gasteiger partial charge in [-0.2, -0.15) is 0 Å². The lowest BCUT2D eigenvalue weighted by molar-refractivity contribution is 0.396. The van der Waals surface area contributed by atoms with Gasteiger partial charge in [0.15, 0.2) is 0 Å². The molecule has 0 unspecified atom stereocenters. The van der Waals surface area contributed by atoms with E-state index in [9.17, 15) is 0 Å². The maximum Gasteiger partial charge on any atom is 0.137 e. The Morgan fingerprint density at radius 3 is 2.59 bits per heavy atom. The Morgan fingerprint density at radius 2 is 1.91 bits per heavy atom. The van der Waals surface area contributed by atoms with Gasteiger partial charge in [-0.3, -0.25) is 0 Å². The molecule has 0 aliphatic rings. The fourth-order valence-corrected chi connectivity index (χ4v) is 2.97. The summed E-state index contributed by atoms with van der Waals surface area (Å²) in [6.07, 6.45) is 1.94. The van der Waals surface area contributed by atoms with Crippen molar-refractivity contribution in [1.82, 2.24) is 14.3 Å². The van der Waals surface area contributed by atoms with Gasteiger partial charge in [0.1, 0.15) is 5.65 Å². The molecule has 1 aromatic carbocycles. The van der Waals surface area contributed by atoms with Crippen molar-refractivity contribution in [3.05, 3.63) is 58.4 Å². The molecule has 0 aliphatic carbocycles. The maximum absolute atomic E-state index is 6.17. The summed E-state index contributed by atoms with van der Waals surface area (Å²) in [6, 6.07) is 10.3. The van der Waals surface area contributed by atoms with Crippen molar-refractivity contribution in [3.63, 3.8) is 0 Å². The third-order valence-corrected chi connectivity index (χ3v) is 4.01. The second kappa shape index (κ2) is 5.75. The first-order chi connectivity index (χ1) is 10.5. The predicted octanol–water partition coefficient (Wildman–Crippen LogP) is 4.33. The first-order valence-corrected chi connectivity index (χ1v) is 7.72. The molecule has 0 spiro atoms. The normalized spacial score (nSPS) is 11.5. The van der Waals surface area contributed by atoms with E-state index in [4.69, 9.17) is 16.6 Å². The topological polar surface area (TPSA) is 20.5 Å². The number of nitrogens with zero attached hydrogens (tertiary/aromatic N) is 3. The van der Waals surface area contributed by atoms with Gasteiger partial charge in [0.25, 0.3) is 0 Å². The minimum atomic E-state index is 0.720. The Balaban J connectivity index is 2.27. The largest absolute Gasteiger partial charge is 0.304 e. The molecule has 0 radical (unpaired) electrons. The van der Waals surface area contributed by atoms with Crippen LogP contribution in [0, 0.1) is 13.8 Å². The average molecular weight is 314 g/mol. The highest BCUT2D eigenvalue weighted by atomic mass is 35.5. The molecule has 0 saturated heterocycles. The molecule has 3 aromatic rings. The van der Waals surface area contributed by atoms with Crippen molar-refractivity contribution >= 4 is 17.2 Å². The smallest absolute Gasteiger partial charge is 0.137 e. The summed E-state index contributed by atoms with van der Waals surface area (Å²) >= 11 is 6.17. The second-order valence-electron chi connectivity index (χ2n) is 6.04. The molecule has 0 fully saturated rings. The number of aryl methyl sites for hydroxylation is 2. The summed E-state index contributed by atoms with van der Waals surface area (Å²) in [5.41, 5.74) is 6.82. The van der Waals surface area contributed by atoms with E-state index in [1.807, 2.05) is 18.3 Å². The summed E-state index contributed by atoms with van der Waals surface area (Å²) in [5.74, 6) is 0. The van der Waals surface area contributed by atoms with Crippen LogP contribution in [0.25, 0.3) is 16.9 Å². The van der Waals surface area contributed by atoms with Crippen LogP contribution >= 0.6 is 11.6 Å². The van der Waals surface area contributed by atoms with Crippen molar-refractivity contribution in [1.29, 1.82) is 0 Å². The maximum atomic E-state index is 6.17. The molecule has 2 heterocycles. The SMILES string of the molecule is Cc1ccc(-c2nc3ccc(Cl)cn3c2CN(C)C)c(C)c1. The minimum absolute atomic E-state index is 0.720. The third kappa shape index (κ3) is 2.74. The molecule has 3 nitrogen and oxygen atoms in total. The number of rotatable bonds is 3. The van der Waals surface area contributed by atoms with Crippen LogP contribution in [0.3, 0.4) is 0 Å². The van der Waals surface area contributed by atoms with E-state index in [-0.39, 0.29) is 0 Å². The standard InChI is InChI=1S/C18H20ClN3/c1-12-5-7-15(13(2)9-12)18-16(11-21(3)4)22-10-14(19)6-8-17(22)20-18/h5-10H,11H2,1-4H3. The zero-order chi connectivity index (χ0) is 15.9. The summed E-state index contributed by atoms with van der Waals surface area (Å²) < 4.78 is 2.09. The van der Waals surface area contributed by atoms with Gasteiger partial charge in [0.2, 0.25) is 0 Å². The van der Waals surface area contributed by atoms with Gasteiger partial charge < -0.3 is 9.30 Å². The quantitative estimate of drug-likeness (QED) is 0.717. The van der Waals surface area contributed by atoms with E-state index in [1.54, 1.807) is 0 Å². The number of hydrogen-bond acceptors (Lipinski definition) is 2. The Morgan fingerprint density at radius 1 is 1.14 bits per heavy atom. The van der Waals surface area contributed by atoms with E-state index in [2.05, 4.69) is 55.4 Å². The zero-order valence-electron chi connectivity index (χ0n) is 13.4. The summed E-state index contributed by atoms with van der Waals surface area (Å²) in [4.78, 5) is 7.00. The van der Waals surface area contributed by atoms with E-state index >= 15 is 0 Å². The van der Waals surface area contributed by atoms with Gasteiger partial charge in [0.05, 0.1) is 16.4 Å². The Kier molecular flexibility index (Phi) is 3.94. The minimum Gasteiger partial charge on any atom is -0.304 e. The molecule has 0 amide bonds. The molecule has 2 aromatic heterocycles. The van der Waals surface area contributed by atoms with E-state index in [0.29, 0.717) is 0 Å². The molecule has 0 saturated carbocycles. The van der Waals surface area contributed by atoms with Crippen LogP contribution in [0.2, 0.25) is 5.02 Å². The predicted molar refractivity (Wildman–Crippen MR) is 92.5 cm³/mol. The first-order valence-electron chi connectivity index (χ1n) is 7.34. The number of benzene rings is 1. The highest BCUT2D eigenvalue weighted by Crippen LogP contribution is 2.29. The molecule has 0 N–H and O–H groups in total.